The highest BCUT2D eigenvalue weighted by Gasteiger charge is 2.11. The van der Waals surface area contributed by atoms with Crippen LogP contribution in [-0.2, 0) is 0 Å². The van der Waals surface area contributed by atoms with Gasteiger partial charge in [0.1, 0.15) is 5.01 Å². The molecule has 0 aliphatic heterocycles. The summed E-state index contributed by atoms with van der Waals surface area (Å²) in [6.07, 6.45) is 0. The molecule has 7 nitrogen and oxygen atoms in total. The number of hydrogen-bond acceptors (Lipinski definition) is 6. The van der Waals surface area contributed by atoms with Crippen molar-refractivity contribution in [3.8, 4) is 10.6 Å². The lowest BCUT2D eigenvalue weighted by Gasteiger charge is -2.10. The third-order valence-corrected chi connectivity index (χ3v) is 5.93. The minimum absolute atomic E-state index is 0.236. The van der Waals surface area contributed by atoms with Gasteiger partial charge in [0.25, 0.3) is 5.91 Å². The molecule has 1 amide bonds. The van der Waals surface area contributed by atoms with Crippen LogP contribution in [0.1, 0.15) is 16.2 Å². The van der Waals surface area contributed by atoms with Gasteiger partial charge in [-0.15, -0.1) is 10.2 Å². The summed E-state index contributed by atoms with van der Waals surface area (Å²) in [5.41, 5.74) is 2.29. The Kier molecular flexibility index (Phi) is 4.89. The van der Waals surface area contributed by atoms with Crippen molar-refractivity contribution >= 4 is 56.0 Å². The highest BCUT2D eigenvalue weighted by molar-refractivity contribution is 7.80. The predicted octanol–water partition coefficient (Wildman–Crippen LogP) is 4.44. The SMILES string of the molecule is Cc1nnc2sc(-c3ccc(NC(=S)NC(=O)c4ccc5ccccc5c4)cc3)nn12. The Balaban J connectivity index is 1.25. The average molecular weight is 445 g/mol. The Labute approximate surface area is 186 Å². The van der Waals surface area contributed by atoms with Crippen LogP contribution in [0.3, 0.4) is 0 Å². The van der Waals surface area contributed by atoms with Crippen molar-refractivity contribution in [1.82, 2.24) is 25.1 Å². The molecule has 9 heteroatoms. The summed E-state index contributed by atoms with van der Waals surface area (Å²) in [5.74, 6) is 0.498. The summed E-state index contributed by atoms with van der Waals surface area (Å²) in [7, 11) is 0. The number of carbonyl (C=O) groups is 1. The topological polar surface area (TPSA) is 84.2 Å². The van der Waals surface area contributed by atoms with Crippen molar-refractivity contribution in [2.45, 2.75) is 6.92 Å². The van der Waals surface area contributed by atoms with Crippen LogP contribution < -0.4 is 10.6 Å². The normalized spacial score (nSPS) is 11.0. The van der Waals surface area contributed by atoms with Crippen molar-refractivity contribution in [2.75, 3.05) is 5.32 Å². The van der Waals surface area contributed by atoms with Crippen LogP contribution in [0, 0.1) is 6.92 Å². The lowest BCUT2D eigenvalue weighted by atomic mass is 10.1. The number of rotatable bonds is 3. The smallest absolute Gasteiger partial charge is 0.257 e. The van der Waals surface area contributed by atoms with E-state index in [9.17, 15) is 4.79 Å². The van der Waals surface area contributed by atoms with Crippen LogP contribution in [-0.4, -0.2) is 30.8 Å². The van der Waals surface area contributed by atoms with Crippen LogP contribution in [0.5, 0.6) is 0 Å². The Morgan fingerprint density at radius 2 is 1.77 bits per heavy atom. The van der Waals surface area contributed by atoms with Crippen LogP contribution in [0.25, 0.3) is 26.3 Å². The molecule has 2 aromatic heterocycles. The number of fused-ring (bicyclic) bond motifs is 2. The highest BCUT2D eigenvalue weighted by atomic mass is 32.1. The van der Waals surface area contributed by atoms with Crippen molar-refractivity contribution in [3.05, 3.63) is 78.1 Å². The minimum atomic E-state index is -0.255. The van der Waals surface area contributed by atoms with Crippen LogP contribution in [0.4, 0.5) is 5.69 Å². The van der Waals surface area contributed by atoms with Gasteiger partial charge >= 0.3 is 0 Å². The van der Waals surface area contributed by atoms with Gasteiger partial charge in [0.15, 0.2) is 10.9 Å². The lowest BCUT2D eigenvalue weighted by molar-refractivity contribution is 0.0978. The van der Waals surface area contributed by atoms with Gasteiger partial charge < -0.3 is 5.32 Å². The molecule has 2 N–H and O–H groups in total. The van der Waals surface area contributed by atoms with E-state index in [1.165, 1.54) is 11.3 Å². The fourth-order valence-electron chi connectivity index (χ4n) is 3.20. The van der Waals surface area contributed by atoms with Crippen molar-refractivity contribution in [2.24, 2.45) is 0 Å². The maximum atomic E-state index is 12.6. The third kappa shape index (κ3) is 3.88. The first-order chi connectivity index (χ1) is 15.1. The summed E-state index contributed by atoms with van der Waals surface area (Å²) in [6, 6.07) is 21.1. The van der Waals surface area contributed by atoms with E-state index in [0.29, 0.717) is 5.56 Å². The molecule has 3 aromatic carbocycles. The van der Waals surface area contributed by atoms with Gasteiger partial charge in [-0.25, -0.2) is 0 Å². The van der Waals surface area contributed by atoms with E-state index in [1.54, 1.807) is 10.6 Å². The van der Waals surface area contributed by atoms with Crippen LogP contribution >= 0.6 is 23.6 Å². The molecule has 0 aliphatic carbocycles. The van der Waals surface area contributed by atoms with Gasteiger partial charge in [0.05, 0.1) is 0 Å². The summed E-state index contributed by atoms with van der Waals surface area (Å²) < 4.78 is 1.73. The third-order valence-electron chi connectivity index (χ3n) is 4.78. The summed E-state index contributed by atoms with van der Waals surface area (Å²) in [5, 5.41) is 21.6. The molecule has 0 unspecified atom stereocenters. The van der Waals surface area contributed by atoms with Gasteiger partial charge in [-0.1, -0.05) is 41.7 Å². The highest BCUT2D eigenvalue weighted by Crippen LogP contribution is 2.26. The monoisotopic (exact) mass is 444 g/mol. The van der Waals surface area contributed by atoms with Crippen molar-refractivity contribution < 1.29 is 4.79 Å². The number of nitrogens with one attached hydrogen (secondary N) is 2. The molecule has 0 saturated carbocycles. The number of anilines is 1. The molecule has 152 valence electrons. The largest absolute Gasteiger partial charge is 0.332 e. The molecule has 0 saturated heterocycles. The number of aryl methyl sites for hydroxylation is 1. The first kappa shape index (κ1) is 19.3. The zero-order valence-electron chi connectivity index (χ0n) is 16.4. The predicted molar refractivity (Wildman–Crippen MR) is 126 cm³/mol. The molecule has 31 heavy (non-hydrogen) atoms. The average Bonchev–Trinajstić information content (AvgIpc) is 3.36. The Bertz CT molecular complexity index is 1440. The van der Waals surface area contributed by atoms with Crippen molar-refractivity contribution in [3.63, 3.8) is 0 Å². The second kappa shape index (κ2) is 7.86. The van der Waals surface area contributed by atoms with E-state index in [2.05, 4.69) is 25.9 Å². The van der Waals surface area contributed by atoms with E-state index >= 15 is 0 Å². The molecule has 0 atom stereocenters. The number of thiocarbonyl (C=S) groups is 1. The van der Waals surface area contributed by atoms with Crippen LogP contribution in [0.15, 0.2) is 66.7 Å². The van der Waals surface area contributed by atoms with Gasteiger partial charge in [-0.05, 0) is 66.3 Å². The first-order valence-corrected chi connectivity index (χ1v) is 10.7. The van der Waals surface area contributed by atoms with E-state index in [4.69, 9.17) is 12.2 Å². The number of amides is 1. The quantitative estimate of drug-likeness (QED) is 0.400. The molecular formula is C22H16N6OS2. The second-order valence-corrected chi connectivity index (χ2v) is 8.26. The number of aromatic nitrogens is 4. The molecule has 2 heterocycles. The Morgan fingerprint density at radius 3 is 2.55 bits per heavy atom. The molecule has 0 fully saturated rings. The van der Waals surface area contributed by atoms with Gasteiger partial charge in [-0.2, -0.15) is 9.61 Å². The zero-order valence-corrected chi connectivity index (χ0v) is 18.0. The fraction of sp³-hybridized carbons (Fsp3) is 0.0455. The van der Waals surface area contributed by atoms with Gasteiger partial charge in [0.2, 0.25) is 4.96 Å². The number of hydrogen-bond donors (Lipinski definition) is 2. The molecule has 0 spiro atoms. The minimum Gasteiger partial charge on any atom is -0.332 e. The summed E-state index contributed by atoms with van der Waals surface area (Å²) in [6.45, 7) is 1.86. The molecule has 5 aromatic rings. The van der Waals surface area contributed by atoms with Gasteiger partial charge in [0, 0.05) is 16.8 Å². The molecular weight excluding hydrogens is 428 g/mol. The van der Waals surface area contributed by atoms with E-state index < -0.39 is 0 Å². The number of benzene rings is 3. The first-order valence-electron chi connectivity index (χ1n) is 9.47. The fourth-order valence-corrected chi connectivity index (χ4v) is 4.30. The molecule has 0 aliphatic rings. The molecule has 0 bridgehead atoms. The Morgan fingerprint density at radius 1 is 1.00 bits per heavy atom. The van der Waals surface area contributed by atoms with E-state index in [-0.39, 0.29) is 11.0 Å². The van der Waals surface area contributed by atoms with Crippen LogP contribution in [0.2, 0.25) is 0 Å². The maximum absolute atomic E-state index is 12.6. The lowest BCUT2D eigenvalue weighted by Crippen LogP contribution is -2.34. The maximum Gasteiger partial charge on any atom is 0.257 e. The number of carbonyl (C=O) groups excluding carboxylic acids is 1. The second-order valence-electron chi connectivity index (χ2n) is 6.90. The number of nitrogens with zero attached hydrogens (tertiary/aromatic N) is 4. The summed E-state index contributed by atoms with van der Waals surface area (Å²) >= 11 is 6.78. The standard InChI is InChI=1S/C22H16N6OS2/c1-13-25-26-22-28(13)27-20(31-22)15-8-10-18(11-9-15)23-21(30)24-19(29)17-7-6-14-4-2-3-5-16(14)12-17/h2-12H,1H3,(H2,23,24,29,30). The summed E-state index contributed by atoms with van der Waals surface area (Å²) in [4.78, 5) is 13.3. The molecule has 5 rings (SSSR count). The zero-order chi connectivity index (χ0) is 21.4. The van der Waals surface area contributed by atoms with Gasteiger partial charge in [-0.3, -0.25) is 10.1 Å². The van der Waals surface area contributed by atoms with E-state index in [1.807, 2.05) is 67.6 Å². The molecule has 0 radical (unpaired) electrons. The van der Waals surface area contributed by atoms with E-state index in [0.717, 1.165) is 37.8 Å². The Hall–Kier alpha value is -3.69. The van der Waals surface area contributed by atoms with Crippen molar-refractivity contribution in [1.29, 1.82) is 0 Å².